The van der Waals surface area contributed by atoms with Crippen LogP contribution in [0.4, 0.5) is 0 Å². The lowest BCUT2D eigenvalue weighted by Gasteiger charge is -2.12. The molecule has 0 atom stereocenters. The highest BCUT2D eigenvalue weighted by Gasteiger charge is 2.08. The van der Waals surface area contributed by atoms with Crippen molar-refractivity contribution in [3.05, 3.63) is 53.3 Å². The van der Waals surface area contributed by atoms with E-state index in [1.807, 2.05) is 16.9 Å². The molecular weight excluding hydrogens is 340 g/mol. The van der Waals surface area contributed by atoms with Crippen LogP contribution in [-0.2, 0) is 6.54 Å². The molecular formula is C17H23ClN6O. The minimum atomic E-state index is -0.186. The number of nitrogens with one attached hydrogen (secondary N) is 3. The summed E-state index contributed by atoms with van der Waals surface area (Å²) in [5.74, 6) is 0.516. The molecule has 3 N–H and O–H groups in total. The van der Waals surface area contributed by atoms with Crippen molar-refractivity contribution in [3.63, 3.8) is 0 Å². The number of amides is 1. The molecule has 0 fully saturated rings. The van der Waals surface area contributed by atoms with Crippen molar-refractivity contribution in [3.8, 4) is 0 Å². The highest BCUT2D eigenvalue weighted by atomic mass is 35.5. The minimum absolute atomic E-state index is 0.186. The normalized spacial score (nSPS) is 11.2. The number of hydrogen-bond acceptors (Lipinski definition) is 3. The lowest BCUT2D eigenvalue weighted by Crippen LogP contribution is -2.42. The fourth-order valence-corrected chi connectivity index (χ4v) is 2.42. The molecule has 1 amide bonds. The van der Waals surface area contributed by atoms with Crippen LogP contribution in [0.2, 0.25) is 5.02 Å². The average molecular weight is 363 g/mol. The molecule has 0 spiro atoms. The zero-order valence-corrected chi connectivity index (χ0v) is 15.0. The van der Waals surface area contributed by atoms with Gasteiger partial charge in [-0.15, -0.1) is 0 Å². The quantitative estimate of drug-likeness (QED) is 0.378. The van der Waals surface area contributed by atoms with E-state index < -0.39 is 0 Å². The number of guanidine groups is 1. The molecule has 1 heterocycles. The van der Waals surface area contributed by atoms with Crippen LogP contribution in [0, 0.1) is 0 Å². The van der Waals surface area contributed by atoms with Crippen molar-refractivity contribution >= 4 is 23.5 Å². The van der Waals surface area contributed by atoms with Crippen LogP contribution in [0.3, 0.4) is 0 Å². The monoisotopic (exact) mass is 362 g/mol. The molecule has 1 aromatic carbocycles. The first-order chi connectivity index (χ1) is 12.2. The molecule has 0 radical (unpaired) electrons. The first-order valence-electron chi connectivity index (χ1n) is 8.15. The lowest BCUT2D eigenvalue weighted by molar-refractivity contribution is 0.0954. The SMILES string of the molecule is CN=C(NCCCn1cccn1)NCCNC(=O)c1ccccc1Cl. The summed E-state index contributed by atoms with van der Waals surface area (Å²) in [6.07, 6.45) is 4.64. The Balaban J connectivity index is 1.61. The van der Waals surface area contributed by atoms with E-state index in [2.05, 4.69) is 26.0 Å². The van der Waals surface area contributed by atoms with Gasteiger partial charge in [0.2, 0.25) is 0 Å². The number of nitrogens with zero attached hydrogens (tertiary/aromatic N) is 3. The highest BCUT2D eigenvalue weighted by Crippen LogP contribution is 2.14. The van der Waals surface area contributed by atoms with Crippen LogP contribution in [0.5, 0.6) is 0 Å². The van der Waals surface area contributed by atoms with E-state index in [1.54, 1.807) is 37.5 Å². The van der Waals surface area contributed by atoms with Gasteiger partial charge in [0, 0.05) is 45.6 Å². The van der Waals surface area contributed by atoms with Gasteiger partial charge in [-0.3, -0.25) is 14.5 Å². The molecule has 1 aromatic heterocycles. The van der Waals surface area contributed by atoms with Crippen molar-refractivity contribution in [2.24, 2.45) is 4.99 Å². The molecule has 25 heavy (non-hydrogen) atoms. The molecule has 0 bridgehead atoms. The summed E-state index contributed by atoms with van der Waals surface area (Å²) in [6, 6.07) is 8.89. The molecule has 0 saturated heterocycles. The number of hydrogen-bond donors (Lipinski definition) is 3. The van der Waals surface area contributed by atoms with Gasteiger partial charge in [0.05, 0.1) is 10.6 Å². The van der Waals surface area contributed by atoms with Gasteiger partial charge >= 0.3 is 0 Å². The van der Waals surface area contributed by atoms with Crippen molar-refractivity contribution in [1.82, 2.24) is 25.7 Å². The maximum absolute atomic E-state index is 12.0. The average Bonchev–Trinajstić information content (AvgIpc) is 3.14. The Labute approximate surface area is 152 Å². The molecule has 2 aromatic rings. The second-order valence-electron chi connectivity index (χ2n) is 5.28. The lowest BCUT2D eigenvalue weighted by atomic mass is 10.2. The fraction of sp³-hybridized carbons (Fsp3) is 0.353. The van der Waals surface area contributed by atoms with Gasteiger partial charge in [-0.2, -0.15) is 5.10 Å². The predicted octanol–water partition coefficient (Wildman–Crippen LogP) is 1.52. The van der Waals surface area contributed by atoms with Crippen LogP contribution < -0.4 is 16.0 Å². The van der Waals surface area contributed by atoms with Crippen molar-refractivity contribution in [1.29, 1.82) is 0 Å². The van der Waals surface area contributed by atoms with Crippen molar-refractivity contribution < 1.29 is 4.79 Å². The summed E-state index contributed by atoms with van der Waals surface area (Å²) < 4.78 is 1.89. The molecule has 0 unspecified atom stereocenters. The van der Waals surface area contributed by atoms with Gasteiger partial charge in [0.25, 0.3) is 5.91 Å². The van der Waals surface area contributed by atoms with E-state index in [9.17, 15) is 4.79 Å². The summed E-state index contributed by atoms with van der Waals surface area (Å²) in [6.45, 7) is 2.67. The van der Waals surface area contributed by atoms with E-state index in [4.69, 9.17) is 11.6 Å². The zero-order chi connectivity index (χ0) is 17.9. The number of aryl methyl sites for hydroxylation is 1. The highest BCUT2D eigenvalue weighted by molar-refractivity contribution is 6.33. The smallest absolute Gasteiger partial charge is 0.252 e. The van der Waals surface area contributed by atoms with Crippen LogP contribution in [0.25, 0.3) is 0 Å². The summed E-state index contributed by atoms with van der Waals surface area (Å²) in [5.41, 5.74) is 0.477. The van der Waals surface area contributed by atoms with Crippen molar-refractivity contribution in [2.45, 2.75) is 13.0 Å². The topological polar surface area (TPSA) is 83.3 Å². The summed E-state index contributed by atoms with van der Waals surface area (Å²) in [7, 11) is 1.71. The van der Waals surface area contributed by atoms with Gasteiger partial charge in [0.1, 0.15) is 0 Å². The number of benzene rings is 1. The Morgan fingerprint density at radius 1 is 1.16 bits per heavy atom. The van der Waals surface area contributed by atoms with Gasteiger partial charge in [0.15, 0.2) is 5.96 Å². The number of halogens is 1. The Morgan fingerprint density at radius 2 is 1.92 bits per heavy atom. The number of carbonyl (C=O) groups excluding carboxylic acids is 1. The first kappa shape index (κ1) is 18.8. The van der Waals surface area contributed by atoms with Gasteiger partial charge in [-0.25, -0.2) is 0 Å². The van der Waals surface area contributed by atoms with Gasteiger partial charge in [-0.1, -0.05) is 23.7 Å². The third-order valence-corrected chi connectivity index (χ3v) is 3.79. The van der Waals surface area contributed by atoms with Crippen LogP contribution in [0.1, 0.15) is 16.8 Å². The van der Waals surface area contributed by atoms with Crippen molar-refractivity contribution in [2.75, 3.05) is 26.7 Å². The number of carbonyl (C=O) groups is 1. The third kappa shape index (κ3) is 6.46. The molecule has 0 aliphatic rings. The van der Waals surface area contributed by atoms with E-state index in [1.165, 1.54) is 0 Å². The minimum Gasteiger partial charge on any atom is -0.356 e. The number of aliphatic imine (C=N–C) groups is 1. The summed E-state index contributed by atoms with van der Waals surface area (Å²) in [4.78, 5) is 16.2. The molecule has 0 saturated carbocycles. The van der Waals surface area contributed by atoms with E-state index in [-0.39, 0.29) is 5.91 Å². The Morgan fingerprint density at radius 3 is 2.64 bits per heavy atom. The standard InChI is InChI=1S/C17H23ClN6O/c1-19-17(21-8-4-12-24-13-5-9-23-24)22-11-10-20-16(25)14-6-2-3-7-15(14)18/h2-3,5-7,9,13H,4,8,10-12H2,1H3,(H,20,25)(H2,19,21,22). The summed E-state index contributed by atoms with van der Waals surface area (Å²) in [5, 5.41) is 13.8. The number of rotatable bonds is 8. The predicted molar refractivity (Wildman–Crippen MR) is 100.0 cm³/mol. The van der Waals surface area contributed by atoms with Gasteiger partial charge < -0.3 is 16.0 Å². The second-order valence-corrected chi connectivity index (χ2v) is 5.69. The van der Waals surface area contributed by atoms with Gasteiger partial charge in [-0.05, 0) is 24.6 Å². The Hall–Kier alpha value is -2.54. The van der Waals surface area contributed by atoms with Crippen LogP contribution in [-0.4, -0.2) is 48.3 Å². The molecule has 7 nitrogen and oxygen atoms in total. The third-order valence-electron chi connectivity index (χ3n) is 3.46. The Bertz CT molecular complexity index is 686. The Kier molecular flexibility index (Phi) is 7.78. The van der Waals surface area contributed by atoms with Crippen LogP contribution in [0.15, 0.2) is 47.7 Å². The van der Waals surface area contributed by atoms with E-state index in [0.717, 1.165) is 19.5 Å². The largest absolute Gasteiger partial charge is 0.356 e. The van der Waals surface area contributed by atoms with E-state index >= 15 is 0 Å². The molecule has 0 aliphatic heterocycles. The zero-order valence-electron chi connectivity index (χ0n) is 14.2. The second kappa shape index (κ2) is 10.4. The summed E-state index contributed by atoms with van der Waals surface area (Å²) >= 11 is 6.00. The maximum atomic E-state index is 12.0. The fourth-order valence-electron chi connectivity index (χ4n) is 2.20. The maximum Gasteiger partial charge on any atom is 0.252 e. The van der Waals surface area contributed by atoms with Crippen LogP contribution >= 0.6 is 11.6 Å². The molecule has 8 heteroatoms. The van der Waals surface area contributed by atoms with E-state index in [0.29, 0.717) is 29.6 Å². The number of aromatic nitrogens is 2. The molecule has 2 rings (SSSR count). The molecule has 0 aliphatic carbocycles. The first-order valence-corrected chi connectivity index (χ1v) is 8.53. The molecule has 134 valence electrons.